The third-order valence-corrected chi connectivity index (χ3v) is 5.36. The van der Waals surface area contributed by atoms with Gasteiger partial charge in [0.25, 0.3) is 11.8 Å². The Morgan fingerprint density at radius 3 is 2.59 bits per heavy atom. The summed E-state index contributed by atoms with van der Waals surface area (Å²) in [5.74, 6) is 1.62. The highest BCUT2D eigenvalue weighted by molar-refractivity contribution is 5.99. The second kappa shape index (κ2) is 10.7. The van der Waals surface area contributed by atoms with Crippen LogP contribution in [0, 0.1) is 13.8 Å². The van der Waals surface area contributed by atoms with Crippen LogP contribution in [0.4, 0.5) is 11.4 Å². The predicted molar refractivity (Wildman–Crippen MR) is 131 cm³/mol. The van der Waals surface area contributed by atoms with Gasteiger partial charge in [0, 0.05) is 12.2 Å². The number of hydrogen-bond acceptors (Lipinski definition) is 5. The highest BCUT2D eigenvalue weighted by Gasteiger charge is 2.25. The van der Waals surface area contributed by atoms with E-state index in [9.17, 15) is 9.59 Å². The van der Waals surface area contributed by atoms with E-state index in [2.05, 4.69) is 5.32 Å². The first kappa shape index (κ1) is 23.2. The van der Waals surface area contributed by atoms with Gasteiger partial charge in [0.2, 0.25) is 0 Å². The van der Waals surface area contributed by atoms with Crippen LogP contribution in [-0.4, -0.2) is 38.2 Å². The zero-order valence-corrected chi connectivity index (χ0v) is 19.4. The number of amides is 2. The first-order valence-corrected chi connectivity index (χ1v) is 11.2. The van der Waals surface area contributed by atoms with Crippen LogP contribution in [0.5, 0.6) is 17.2 Å². The molecule has 0 spiro atoms. The van der Waals surface area contributed by atoms with Crippen molar-refractivity contribution in [2.45, 2.75) is 20.3 Å². The molecular formula is C27H28N2O5. The zero-order valence-electron chi connectivity index (χ0n) is 19.4. The average molecular weight is 461 g/mol. The van der Waals surface area contributed by atoms with Crippen LogP contribution >= 0.6 is 0 Å². The van der Waals surface area contributed by atoms with Crippen LogP contribution in [0.15, 0.2) is 66.7 Å². The van der Waals surface area contributed by atoms with Gasteiger partial charge in [0.15, 0.2) is 13.2 Å². The summed E-state index contributed by atoms with van der Waals surface area (Å²) in [5, 5.41) is 2.82. The SMILES string of the molecule is Cc1ccc(OCC(=O)Nc2ccc3c(c2)N(CCCOc2cccc(C)c2)C(=O)CO3)cc1. The van der Waals surface area contributed by atoms with E-state index in [-0.39, 0.29) is 25.0 Å². The first-order valence-electron chi connectivity index (χ1n) is 11.2. The molecule has 2 amide bonds. The fourth-order valence-electron chi connectivity index (χ4n) is 3.62. The van der Waals surface area contributed by atoms with E-state index in [1.54, 1.807) is 23.1 Å². The molecule has 1 N–H and O–H groups in total. The number of nitrogens with zero attached hydrogens (tertiary/aromatic N) is 1. The van der Waals surface area contributed by atoms with Gasteiger partial charge in [-0.15, -0.1) is 0 Å². The minimum atomic E-state index is -0.290. The molecule has 1 heterocycles. The fourth-order valence-corrected chi connectivity index (χ4v) is 3.62. The van der Waals surface area contributed by atoms with Crippen molar-refractivity contribution in [3.63, 3.8) is 0 Å². The molecule has 34 heavy (non-hydrogen) atoms. The minimum Gasteiger partial charge on any atom is -0.494 e. The number of rotatable bonds is 9. The maximum Gasteiger partial charge on any atom is 0.265 e. The molecule has 0 bridgehead atoms. The standard InChI is InChI=1S/C27H28N2O5/c1-19-7-10-22(11-8-19)33-17-26(30)28-21-9-12-25-24(16-21)29(27(31)18-34-25)13-4-14-32-23-6-3-5-20(2)15-23/h3,5-12,15-16H,4,13-14,17-18H2,1-2H3,(H,28,30). The molecule has 0 atom stereocenters. The van der Waals surface area contributed by atoms with Crippen LogP contribution in [0.3, 0.4) is 0 Å². The molecule has 0 saturated heterocycles. The lowest BCUT2D eigenvalue weighted by Crippen LogP contribution is -2.39. The molecule has 0 aromatic heterocycles. The van der Waals surface area contributed by atoms with Crippen molar-refractivity contribution in [1.29, 1.82) is 0 Å². The summed E-state index contributed by atoms with van der Waals surface area (Å²) in [5.41, 5.74) is 3.45. The van der Waals surface area contributed by atoms with Gasteiger partial charge in [0.1, 0.15) is 17.2 Å². The predicted octanol–water partition coefficient (Wildman–Crippen LogP) is 4.52. The number of carbonyl (C=O) groups excluding carboxylic acids is 2. The molecule has 1 aliphatic rings. The molecule has 0 radical (unpaired) electrons. The van der Waals surface area contributed by atoms with Crippen molar-refractivity contribution < 1.29 is 23.8 Å². The molecule has 0 fully saturated rings. The summed E-state index contributed by atoms with van der Waals surface area (Å²) in [6.45, 7) is 4.84. The maximum atomic E-state index is 12.5. The lowest BCUT2D eigenvalue weighted by atomic mass is 10.2. The molecule has 0 saturated carbocycles. The van der Waals surface area contributed by atoms with E-state index in [4.69, 9.17) is 14.2 Å². The Kier molecular flexibility index (Phi) is 7.32. The Hall–Kier alpha value is -4.00. The lowest BCUT2D eigenvalue weighted by molar-refractivity contribution is -0.121. The fraction of sp³-hybridized carbons (Fsp3) is 0.259. The summed E-state index contributed by atoms with van der Waals surface area (Å²) >= 11 is 0. The molecule has 4 rings (SSSR count). The van der Waals surface area contributed by atoms with E-state index < -0.39 is 0 Å². The van der Waals surface area contributed by atoms with Crippen LogP contribution in [0.1, 0.15) is 17.5 Å². The van der Waals surface area contributed by atoms with Gasteiger partial charge in [-0.2, -0.15) is 0 Å². The van der Waals surface area contributed by atoms with Gasteiger partial charge in [-0.05, 0) is 68.3 Å². The van der Waals surface area contributed by atoms with Crippen LogP contribution in [-0.2, 0) is 9.59 Å². The molecule has 0 aliphatic carbocycles. The Morgan fingerprint density at radius 1 is 0.971 bits per heavy atom. The van der Waals surface area contributed by atoms with Crippen molar-refractivity contribution in [2.75, 3.05) is 36.6 Å². The van der Waals surface area contributed by atoms with E-state index in [0.29, 0.717) is 42.4 Å². The topological polar surface area (TPSA) is 77.1 Å². The third-order valence-electron chi connectivity index (χ3n) is 5.36. The molecule has 7 nitrogen and oxygen atoms in total. The monoisotopic (exact) mass is 460 g/mol. The Labute approximate surface area is 199 Å². The van der Waals surface area contributed by atoms with Crippen LogP contribution in [0.2, 0.25) is 0 Å². The summed E-state index contributed by atoms with van der Waals surface area (Å²) in [4.78, 5) is 26.6. The van der Waals surface area contributed by atoms with Gasteiger partial charge in [-0.1, -0.05) is 29.8 Å². The van der Waals surface area contributed by atoms with Crippen molar-refractivity contribution in [3.8, 4) is 17.2 Å². The zero-order chi connectivity index (χ0) is 23.9. The third kappa shape index (κ3) is 6.07. The van der Waals surface area contributed by atoms with Gasteiger partial charge in [-0.3, -0.25) is 9.59 Å². The molecule has 176 valence electrons. The maximum absolute atomic E-state index is 12.5. The van der Waals surface area contributed by atoms with E-state index >= 15 is 0 Å². The van der Waals surface area contributed by atoms with Gasteiger partial charge in [-0.25, -0.2) is 0 Å². The highest BCUT2D eigenvalue weighted by atomic mass is 16.5. The highest BCUT2D eigenvalue weighted by Crippen LogP contribution is 2.34. The number of benzene rings is 3. The van der Waals surface area contributed by atoms with Crippen molar-refractivity contribution in [1.82, 2.24) is 0 Å². The summed E-state index contributed by atoms with van der Waals surface area (Å²) in [6, 6.07) is 20.6. The van der Waals surface area contributed by atoms with Crippen molar-refractivity contribution in [2.24, 2.45) is 0 Å². The van der Waals surface area contributed by atoms with Crippen LogP contribution in [0.25, 0.3) is 0 Å². The van der Waals surface area contributed by atoms with E-state index in [0.717, 1.165) is 16.9 Å². The second-order valence-corrected chi connectivity index (χ2v) is 8.18. The number of aryl methyl sites for hydroxylation is 2. The number of ether oxygens (including phenoxy) is 3. The minimum absolute atomic E-state index is 0.0121. The summed E-state index contributed by atoms with van der Waals surface area (Å²) in [6.07, 6.45) is 0.653. The first-order chi connectivity index (χ1) is 16.5. The molecule has 1 aliphatic heterocycles. The molecule has 3 aromatic rings. The number of hydrogen-bond donors (Lipinski definition) is 1. The lowest BCUT2D eigenvalue weighted by Gasteiger charge is -2.30. The largest absolute Gasteiger partial charge is 0.494 e. The van der Waals surface area contributed by atoms with Crippen LogP contribution < -0.4 is 24.4 Å². The van der Waals surface area contributed by atoms with E-state index in [1.807, 2.05) is 62.4 Å². The Morgan fingerprint density at radius 2 is 1.79 bits per heavy atom. The average Bonchev–Trinajstić information content (AvgIpc) is 2.82. The Bertz CT molecular complexity index is 1160. The van der Waals surface area contributed by atoms with Gasteiger partial charge >= 0.3 is 0 Å². The van der Waals surface area contributed by atoms with Crippen molar-refractivity contribution in [3.05, 3.63) is 77.9 Å². The number of nitrogens with one attached hydrogen (secondary N) is 1. The Balaban J connectivity index is 1.34. The summed E-state index contributed by atoms with van der Waals surface area (Å²) in [7, 11) is 0. The van der Waals surface area contributed by atoms with Crippen molar-refractivity contribution >= 4 is 23.2 Å². The molecular weight excluding hydrogens is 432 g/mol. The number of fused-ring (bicyclic) bond motifs is 1. The molecule has 0 unspecified atom stereocenters. The second-order valence-electron chi connectivity index (χ2n) is 8.18. The summed E-state index contributed by atoms with van der Waals surface area (Å²) < 4.78 is 16.9. The molecule has 7 heteroatoms. The number of anilines is 2. The quantitative estimate of drug-likeness (QED) is 0.475. The van der Waals surface area contributed by atoms with Gasteiger partial charge < -0.3 is 24.4 Å². The van der Waals surface area contributed by atoms with E-state index in [1.165, 1.54) is 0 Å². The van der Waals surface area contributed by atoms with Gasteiger partial charge in [0.05, 0.1) is 12.3 Å². The smallest absolute Gasteiger partial charge is 0.265 e. The molecule has 3 aromatic carbocycles. The normalized spacial score (nSPS) is 12.5. The number of carbonyl (C=O) groups is 2.